The maximum Gasteiger partial charge on any atom is 0.314 e. The topological polar surface area (TPSA) is 115 Å². The number of piperidine rings is 1. The molecule has 29 heavy (non-hydrogen) atoms. The van der Waals surface area contributed by atoms with Crippen molar-refractivity contribution in [1.29, 1.82) is 0 Å². The Balaban J connectivity index is 1.82. The molecule has 1 aromatic rings. The molecular formula is C19H25FN2O6S. The first-order valence-corrected chi connectivity index (χ1v) is 11.3. The van der Waals surface area contributed by atoms with E-state index in [2.05, 4.69) is 0 Å². The third-order valence-corrected chi connectivity index (χ3v) is 6.83. The first kappa shape index (κ1) is 21.5. The zero-order valence-electron chi connectivity index (χ0n) is 16.1. The molecule has 2 atom stereocenters. The Kier molecular flexibility index (Phi) is 5.86. The van der Waals surface area contributed by atoms with Crippen LogP contribution in [-0.4, -0.2) is 67.4 Å². The van der Waals surface area contributed by atoms with Crippen LogP contribution in [0, 0.1) is 17.2 Å². The van der Waals surface area contributed by atoms with Crippen LogP contribution in [0.1, 0.15) is 25.7 Å². The van der Waals surface area contributed by atoms with Crippen LogP contribution in [0.25, 0.3) is 0 Å². The molecule has 0 radical (unpaired) electrons. The van der Waals surface area contributed by atoms with E-state index >= 15 is 0 Å². The Morgan fingerprint density at radius 2 is 2.00 bits per heavy atom. The van der Waals surface area contributed by atoms with E-state index in [0.717, 1.165) is 35.5 Å². The summed E-state index contributed by atoms with van der Waals surface area (Å²) in [4.78, 5) is 26.2. The van der Waals surface area contributed by atoms with Crippen LogP contribution in [0.15, 0.2) is 24.3 Å². The lowest BCUT2D eigenvalue weighted by molar-refractivity contribution is -0.167. The number of likely N-dealkylation sites (tertiary alicyclic amines) is 1. The van der Waals surface area contributed by atoms with Gasteiger partial charge in [-0.05, 0) is 37.0 Å². The molecule has 2 N–H and O–H groups in total. The number of halogens is 1. The van der Waals surface area contributed by atoms with E-state index in [1.165, 1.54) is 17.0 Å². The smallest absolute Gasteiger partial charge is 0.314 e. The van der Waals surface area contributed by atoms with Gasteiger partial charge >= 0.3 is 5.97 Å². The number of anilines is 1. The van der Waals surface area contributed by atoms with Gasteiger partial charge in [0.25, 0.3) is 0 Å². The number of aliphatic hydroxyl groups is 1. The fourth-order valence-corrected chi connectivity index (χ4v) is 4.72. The van der Waals surface area contributed by atoms with Crippen molar-refractivity contribution in [2.24, 2.45) is 11.3 Å². The number of rotatable bonds is 7. The highest BCUT2D eigenvalue weighted by Crippen LogP contribution is 2.45. The second-order valence-electron chi connectivity index (χ2n) is 7.98. The molecule has 8 nitrogen and oxygen atoms in total. The van der Waals surface area contributed by atoms with Gasteiger partial charge in [-0.25, -0.2) is 12.8 Å². The van der Waals surface area contributed by atoms with E-state index in [-0.39, 0.29) is 37.5 Å². The maximum absolute atomic E-state index is 13.6. The van der Waals surface area contributed by atoms with Crippen molar-refractivity contribution in [3.63, 3.8) is 0 Å². The first-order valence-electron chi connectivity index (χ1n) is 9.45. The predicted octanol–water partition coefficient (Wildman–Crippen LogP) is 1.06. The minimum atomic E-state index is -3.88. The summed E-state index contributed by atoms with van der Waals surface area (Å²) in [5.41, 5.74) is -1.44. The lowest BCUT2D eigenvalue weighted by atomic mass is 9.73. The Morgan fingerprint density at radius 1 is 1.31 bits per heavy atom. The number of sulfonamides is 1. The normalized spacial score (nSPS) is 24.9. The molecule has 0 unspecified atom stereocenters. The van der Waals surface area contributed by atoms with Gasteiger partial charge in [0.2, 0.25) is 15.9 Å². The van der Waals surface area contributed by atoms with Gasteiger partial charge in [-0.2, -0.15) is 0 Å². The summed E-state index contributed by atoms with van der Waals surface area (Å²) in [5, 5.41) is 20.2. The number of benzene rings is 1. The summed E-state index contributed by atoms with van der Waals surface area (Å²) in [6.45, 7) is -0.627. The molecule has 1 amide bonds. The molecule has 0 aromatic heterocycles. The van der Waals surface area contributed by atoms with Gasteiger partial charge in [-0.15, -0.1) is 0 Å². The summed E-state index contributed by atoms with van der Waals surface area (Å²) in [7, 11) is -3.88. The molecule has 160 valence electrons. The molecule has 2 aliphatic rings. The molecule has 0 spiro atoms. The number of carboxylic acid groups (broad SMARTS) is 1. The van der Waals surface area contributed by atoms with Crippen LogP contribution in [-0.2, 0) is 19.6 Å². The number of hydrogen-bond acceptors (Lipinski definition) is 5. The molecule has 1 heterocycles. The lowest BCUT2D eigenvalue weighted by Gasteiger charge is -2.44. The van der Waals surface area contributed by atoms with Crippen LogP contribution in [0.2, 0.25) is 0 Å². The van der Waals surface area contributed by atoms with Crippen molar-refractivity contribution in [3.05, 3.63) is 30.1 Å². The van der Waals surface area contributed by atoms with Crippen LogP contribution < -0.4 is 4.31 Å². The van der Waals surface area contributed by atoms with E-state index in [0.29, 0.717) is 0 Å². The van der Waals surface area contributed by atoms with E-state index in [4.69, 9.17) is 0 Å². The lowest BCUT2D eigenvalue weighted by Crippen LogP contribution is -2.58. The average molecular weight is 428 g/mol. The van der Waals surface area contributed by atoms with Gasteiger partial charge in [0, 0.05) is 13.1 Å². The van der Waals surface area contributed by atoms with Gasteiger partial charge < -0.3 is 15.1 Å². The summed E-state index contributed by atoms with van der Waals surface area (Å²) in [5.74, 6) is -2.16. The molecular weight excluding hydrogens is 403 g/mol. The standard InChI is InChI=1S/C19H25FN2O6S/c1-29(27,28)22(15-4-2-3-14(20)9-15)11-17(24)21-8-7-16(23)19(12-21,18(25)26)10-13-5-6-13/h2-4,9,13,16,23H,5-8,10-12H2,1H3,(H,25,26)/t16-,19-/m1/s1. The van der Waals surface area contributed by atoms with Crippen LogP contribution in [0.5, 0.6) is 0 Å². The zero-order chi connectivity index (χ0) is 21.4. The predicted molar refractivity (Wildman–Crippen MR) is 103 cm³/mol. The van der Waals surface area contributed by atoms with Crippen LogP contribution in [0.4, 0.5) is 10.1 Å². The molecule has 10 heteroatoms. The van der Waals surface area contributed by atoms with Gasteiger partial charge in [-0.3, -0.25) is 13.9 Å². The molecule has 2 fully saturated rings. The van der Waals surface area contributed by atoms with E-state index < -0.39 is 45.8 Å². The van der Waals surface area contributed by atoms with Gasteiger partial charge in [0.1, 0.15) is 17.8 Å². The van der Waals surface area contributed by atoms with Gasteiger partial charge in [-0.1, -0.05) is 18.9 Å². The number of carboxylic acids is 1. The van der Waals surface area contributed by atoms with E-state index in [1.807, 2.05) is 0 Å². The van der Waals surface area contributed by atoms with Crippen molar-refractivity contribution in [1.82, 2.24) is 4.90 Å². The van der Waals surface area contributed by atoms with Crippen molar-refractivity contribution < 1.29 is 32.6 Å². The minimum Gasteiger partial charge on any atom is -0.481 e. The number of nitrogens with zero attached hydrogens (tertiary/aromatic N) is 2. The van der Waals surface area contributed by atoms with E-state index in [9.17, 15) is 32.6 Å². The van der Waals surface area contributed by atoms with Crippen LogP contribution in [0.3, 0.4) is 0 Å². The fourth-order valence-electron chi connectivity index (χ4n) is 3.88. The first-order chi connectivity index (χ1) is 13.5. The van der Waals surface area contributed by atoms with Crippen LogP contribution >= 0.6 is 0 Å². The highest BCUT2D eigenvalue weighted by atomic mass is 32.2. The van der Waals surface area contributed by atoms with Crippen molar-refractivity contribution >= 4 is 27.6 Å². The Morgan fingerprint density at radius 3 is 2.55 bits per heavy atom. The van der Waals surface area contributed by atoms with Crippen molar-refractivity contribution in [2.45, 2.75) is 31.8 Å². The molecule has 1 aliphatic heterocycles. The highest BCUT2D eigenvalue weighted by molar-refractivity contribution is 7.92. The molecule has 1 saturated heterocycles. The number of carbonyl (C=O) groups excluding carboxylic acids is 1. The summed E-state index contributed by atoms with van der Waals surface area (Å²) in [6.07, 6.45) is 2.03. The minimum absolute atomic E-state index is 0.0142. The second kappa shape index (κ2) is 7.91. The third-order valence-electron chi connectivity index (χ3n) is 5.69. The molecule has 1 saturated carbocycles. The Labute approximate surface area is 169 Å². The number of hydrogen-bond donors (Lipinski definition) is 2. The monoisotopic (exact) mass is 428 g/mol. The number of amides is 1. The quantitative estimate of drug-likeness (QED) is 0.671. The van der Waals surface area contributed by atoms with Crippen molar-refractivity contribution in [3.8, 4) is 0 Å². The fraction of sp³-hybridized carbons (Fsp3) is 0.579. The summed E-state index contributed by atoms with van der Waals surface area (Å²) < 4.78 is 38.8. The molecule has 0 bridgehead atoms. The Bertz CT molecular complexity index is 904. The van der Waals surface area contributed by atoms with Gasteiger partial charge in [0.15, 0.2) is 0 Å². The average Bonchev–Trinajstić information content (AvgIpc) is 3.44. The third kappa shape index (κ3) is 4.69. The van der Waals surface area contributed by atoms with E-state index in [1.54, 1.807) is 0 Å². The number of carbonyl (C=O) groups is 2. The molecule has 1 aromatic carbocycles. The largest absolute Gasteiger partial charge is 0.481 e. The number of aliphatic carboxylic acids is 1. The van der Waals surface area contributed by atoms with Crippen molar-refractivity contribution in [2.75, 3.05) is 30.2 Å². The highest BCUT2D eigenvalue weighted by Gasteiger charge is 2.52. The SMILES string of the molecule is CS(=O)(=O)N(CC(=O)N1CC[C@@H](O)[C@](CC2CC2)(C(=O)O)C1)c1cccc(F)c1. The Hall–Kier alpha value is -2.20. The zero-order valence-corrected chi connectivity index (χ0v) is 16.9. The molecule has 1 aliphatic carbocycles. The van der Waals surface area contributed by atoms with Gasteiger partial charge in [0.05, 0.1) is 18.0 Å². The number of aliphatic hydroxyl groups excluding tert-OH is 1. The molecule has 3 rings (SSSR count). The second-order valence-corrected chi connectivity index (χ2v) is 9.88. The summed E-state index contributed by atoms with van der Waals surface area (Å²) in [6, 6.07) is 4.90. The summed E-state index contributed by atoms with van der Waals surface area (Å²) >= 11 is 0. The maximum atomic E-state index is 13.6.